The van der Waals surface area contributed by atoms with Crippen LogP contribution in [0.5, 0.6) is 0 Å². The Labute approximate surface area is 80.3 Å². The zero-order chi connectivity index (χ0) is 7.73. The van der Waals surface area contributed by atoms with Gasteiger partial charge in [-0.1, -0.05) is 0 Å². The van der Waals surface area contributed by atoms with Gasteiger partial charge in [0.2, 0.25) is 0 Å². The molecule has 1 heterocycles. The number of hydrogen-bond acceptors (Lipinski definition) is 2. The summed E-state index contributed by atoms with van der Waals surface area (Å²) in [5.41, 5.74) is 6.32. The van der Waals surface area contributed by atoms with E-state index in [-0.39, 0.29) is 12.4 Å². The van der Waals surface area contributed by atoms with Crippen LogP contribution in [0.25, 0.3) is 0 Å². The fraction of sp³-hybridized carbons (Fsp3) is 1.00. The van der Waals surface area contributed by atoms with E-state index in [1.54, 1.807) is 0 Å². The Balaban J connectivity index is 0.000000720. The van der Waals surface area contributed by atoms with Gasteiger partial charge in [0.1, 0.15) is 0 Å². The lowest BCUT2D eigenvalue weighted by Gasteiger charge is -2.51. The van der Waals surface area contributed by atoms with Crippen molar-refractivity contribution in [2.24, 2.45) is 17.1 Å². The lowest BCUT2D eigenvalue weighted by atomic mass is 9.56. The van der Waals surface area contributed by atoms with Crippen molar-refractivity contribution in [3.8, 4) is 0 Å². The molecule has 2 fully saturated rings. The molecule has 2 aliphatic rings. The van der Waals surface area contributed by atoms with Crippen molar-refractivity contribution in [1.82, 2.24) is 0 Å². The zero-order valence-electron chi connectivity index (χ0n) is 7.42. The summed E-state index contributed by atoms with van der Waals surface area (Å²) in [6.07, 6.45) is 5.28. The molecule has 1 aliphatic carbocycles. The summed E-state index contributed by atoms with van der Waals surface area (Å²) in [6, 6.07) is 0. The van der Waals surface area contributed by atoms with Crippen molar-refractivity contribution in [2.75, 3.05) is 19.8 Å². The lowest BCUT2D eigenvalue weighted by Crippen LogP contribution is -2.47. The highest BCUT2D eigenvalue weighted by molar-refractivity contribution is 5.85. The van der Waals surface area contributed by atoms with Gasteiger partial charge < -0.3 is 10.5 Å². The first-order valence-corrected chi connectivity index (χ1v) is 4.65. The molecule has 1 aliphatic heterocycles. The highest BCUT2D eigenvalue weighted by atomic mass is 35.5. The zero-order valence-corrected chi connectivity index (χ0v) is 8.24. The van der Waals surface area contributed by atoms with E-state index in [4.69, 9.17) is 10.5 Å². The van der Waals surface area contributed by atoms with Crippen LogP contribution in [0.15, 0.2) is 0 Å². The van der Waals surface area contributed by atoms with E-state index in [0.717, 1.165) is 25.7 Å². The number of rotatable bonds is 1. The van der Waals surface area contributed by atoms with Crippen LogP contribution in [0.1, 0.15) is 25.7 Å². The monoisotopic (exact) mass is 191 g/mol. The van der Waals surface area contributed by atoms with E-state index >= 15 is 0 Å². The SMILES string of the molecule is Cl.NCC1CCC12CCOCC2. The topological polar surface area (TPSA) is 35.2 Å². The second-order valence-corrected chi connectivity index (χ2v) is 3.95. The maximum absolute atomic E-state index is 5.70. The van der Waals surface area contributed by atoms with Gasteiger partial charge in [0.25, 0.3) is 0 Å². The molecule has 0 aromatic carbocycles. The Morgan fingerprint density at radius 1 is 1.25 bits per heavy atom. The van der Waals surface area contributed by atoms with E-state index in [0.29, 0.717) is 5.41 Å². The Morgan fingerprint density at radius 2 is 1.92 bits per heavy atom. The van der Waals surface area contributed by atoms with Gasteiger partial charge in [0, 0.05) is 13.2 Å². The van der Waals surface area contributed by atoms with Crippen LogP contribution in [-0.2, 0) is 4.74 Å². The van der Waals surface area contributed by atoms with Crippen molar-refractivity contribution >= 4 is 12.4 Å². The molecule has 2 nitrogen and oxygen atoms in total. The largest absolute Gasteiger partial charge is 0.381 e. The van der Waals surface area contributed by atoms with Crippen molar-refractivity contribution < 1.29 is 4.74 Å². The maximum Gasteiger partial charge on any atom is 0.0471 e. The summed E-state index contributed by atoms with van der Waals surface area (Å²) < 4.78 is 5.35. The fourth-order valence-corrected chi connectivity index (χ4v) is 2.56. The van der Waals surface area contributed by atoms with E-state index in [1.807, 2.05) is 0 Å². The van der Waals surface area contributed by atoms with Gasteiger partial charge in [0.05, 0.1) is 0 Å². The molecule has 0 bridgehead atoms. The molecule has 1 saturated heterocycles. The van der Waals surface area contributed by atoms with Gasteiger partial charge in [0.15, 0.2) is 0 Å². The van der Waals surface area contributed by atoms with Gasteiger partial charge in [-0.25, -0.2) is 0 Å². The standard InChI is InChI=1S/C9H17NO.ClH/c10-7-8-1-2-9(8)3-5-11-6-4-9;/h8H,1-7,10H2;1H. The van der Waals surface area contributed by atoms with Gasteiger partial charge in [-0.2, -0.15) is 0 Å². The molecule has 2 N–H and O–H groups in total. The second-order valence-electron chi connectivity index (χ2n) is 3.95. The van der Waals surface area contributed by atoms with Gasteiger partial charge in [-0.05, 0) is 43.6 Å². The minimum Gasteiger partial charge on any atom is -0.381 e. The van der Waals surface area contributed by atoms with Crippen LogP contribution in [0.4, 0.5) is 0 Å². The minimum absolute atomic E-state index is 0. The van der Waals surface area contributed by atoms with E-state index in [1.165, 1.54) is 25.7 Å². The van der Waals surface area contributed by atoms with Gasteiger partial charge in [-0.3, -0.25) is 0 Å². The molecule has 72 valence electrons. The number of hydrogen-bond donors (Lipinski definition) is 1. The molecule has 1 atom stereocenters. The molecule has 1 unspecified atom stereocenters. The van der Waals surface area contributed by atoms with E-state index in [9.17, 15) is 0 Å². The van der Waals surface area contributed by atoms with Crippen LogP contribution < -0.4 is 5.73 Å². The third kappa shape index (κ3) is 1.48. The Hall–Kier alpha value is 0.210. The molecule has 0 aromatic heterocycles. The highest BCUT2D eigenvalue weighted by Gasteiger charge is 2.46. The molecule has 12 heavy (non-hydrogen) atoms. The summed E-state index contributed by atoms with van der Waals surface area (Å²) in [5.74, 6) is 0.811. The third-order valence-corrected chi connectivity index (χ3v) is 3.63. The molecule has 3 heteroatoms. The number of ether oxygens (including phenoxy) is 1. The van der Waals surface area contributed by atoms with Crippen LogP contribution in [0.2, 0.25) is 0 Å². The number of halogens is 1. The smallest absolute Gasteiger partial charge is 0.0471 e. The van der Waals surface area contributed by atoms with Crippen LogP contribution in [0, 0.1) is 11.3 Å². The maximum atomic E-state index is 5.70. The molecule has 1 saturated carbocycles. The van der Waals surface area contributed by atoms with Crippen LogP contribution >= 0.6 is 12.4 Å². The van der Waals surface area contributed by atoms with Crippen LogP contribution in [0.3, 0.4) is 0 Å². The molecule has 2 rings (SSSR count). The average Bonchev–Trinajstić information content (AvgIpc) is 2.05. The Morgan fingerprint density at radius 3 is 2.33 bits per heavy atom. The average molecular weight is 192 g/mol. The predicted molar refractivity (Wildman–Crippen MR) is 51.5 cm³/mol. The summed E-state index contributed by atoms with van der Waals surface area (Å²) in [7, 11) is 0. The third-order valence-electron chi connectivity index (χ3n) is 3.63. The molecular formula is C9H18ClNO. The van der Waals surface area contributed by atoms with Crippen LogP contribution in [-0.4, -0.2) is 19.8 Å². The van der Waals surface area contributed by atoms with Crippen molar-refractivity contribution in [3.63, 3.8) is 0 Å². The first-order valence-electron chi connectivity index (χ1n) is 4.65. The van der Waals surface area contributed by atoms with Gasteiger partial charge in [-0.15, -0.1) is 12.4 Å². The Kier molecular flexibility index (Phi) is 3.38. The fourth-order valence-electron chi connectivity index (χ4n) is 2.56. The first-order chi connectivity index (χ1) is 5.37. The Bertz CT molecular complexity index is 143. The molecular weight excluding hydrogens is 174 g/mol. The second kappa shape index (κ2) is 3.95. The normalized spacial score (nSPS) is 32.2. The molecule has 0 amide bonds. The van der Waals surface area contributed by atoms with Gasteiger partial charge >= 0.3 is 0 Å². The summed E-state index contributed by atoms with van der Waals surface area (Å²) in [6.45, 7) is 2.83. The summed E-state index contributed by atoms with van der Waals surface area (Å²) in [5, 5.41) is 0. The van der Waals surface area contributed by atoms with E-state index in [2.05, 4.69) is 0 Å². The highest BCUT2D eigenvalue weighted by Crippen LogP contribution is 2.52. The van der Waals surface area contributed by atoms with Crippen molar-refractivity contribution in [2.45, 2.75) is 25.7 Å². The summed E-state index contributed by atoms with van der Waals surface area (Å²) in [4.78, 5) is 0. The quantitative estimate of drug-likeness (QED) is 0.683. The number of nitrogens with two attached hydrogens (primary N) is 1. The molecule has 1 spiro atoms. The van der Waals surface area contributed by atoms with Crippen molar-refractivity contribution in [1.29, 1.82) is 0 Å². The molecule has 0 aromatic rings. The first kappa shape index (κ1) is 10.3. The predicted octanol–water partition coefficient (Wildman–Crippen LogP) is 1.57. The lowest BCUT2D eigenvalue weighted by molar-refractivity contribution is -0.0718. The van der Waals surface area contributed by atoms with Crippen molar-refractivity contribution in [3.05, 3.63) is 0 Å². The minimum atomic E-state index is 0. The van der Waals surface area contributed by atoms with E-state index < -0.39 is 0 Å². The summed E-state index contributed by atoms with van der Waals surface area (Å²) >= 11 is 0. The molecule has 0 radical (unpaired) electrons.